The Morgan fingerprint density at radius 1 is 1.04 bits per heavy atom. The third-order valence-electron chi connectivity index (χ3n) is 4.72. The van der Waals surface area contributed by atoms with Gasteiger partial charge in [-0.2, -0.15) is 4.31 Å². The summed E-state index contributed by atoms with van der Waals surface area (Å²) in [5, 5.41) is 0. The zero-order valence-corrected chi connectivity index (χ0v) is 15.5. The second-order valence-corrected chi connectivity index (χ2v) is 10.2. The zero-order valence-electron chi connectivity index (χ0n) is 13.1. The summed E-state index contributed by atoms with van der Waals surface area (Å²) in [5.41, 5.74) is 1.05. The number of halogens is 1. The van der Waals surface area contributed by atoms with Crippen LogP contribution in [0.15, 0.2) is 46.7 Å². The molecule has 0 amide bonds. The molecule has 1 atom stereocenters. The van der Waals surface area contributed by atoms with Gasteiger partial charge in [0.15, 0.2) is 0 Å². The molecule has 1 aromatic heterocycles. The van der Waals surface area contributed by atoms with E-state index in [1.54, 1.807) is 16.4 Å². The Bertz CT molecular complexity index is 818. The first-order valence-electron chi connectivity index (χ1n) is 8.12. The third kappa shape index (κ3) is 3.13. The van der Waals surface area contributed by atoms with Gasteiger partial charge in [-0.15, -0.1) is 11.3 Å². The van der Waals surface area contributed by atoms with Crippen LogP contribution in [-0.2, 0) is 10.0 Å². The van der Waals surface area contributed by atoms with E-state index in [2.05, 4.69) is 4.90 Å². The Morgan fingerprint density at radius 3 is 2.42 bits per heavy atom. The predicted molar refractivity (Wildman–Crippen MR) is 97.0 cm³/mol. The Hall–Kier alpha value is -0.920. The molecule has 0 radical (unpaired) electrons. The summed E-state index contributed by atoms with van der Waals surface area (Å²) >= 11 is 7.09. The minimum Gasteiger partial charge on any atom is -0.297 e. The number of hydrogen-bond acceptors (Lipinski definition) is 4. The SMILES string of the molecule is O=S(=O)(c1ccc(Cl)s1)N1CCN(C2CC2)CC1c1ccccc1. The van der Waals surface area contributed by atoms with Gasteiger partial charge in [0.05, 0.1) is 10.4 Å². The molecule has 2 aliphatic rings. The highest BCUT2D eigenvalue weighted by Crippen LogP contribution is 2.37. The fraction of sp³-hybridized carbons (Fsp3) is 0.412. The lowest BCUT2D eigenvalue weighted by Crippen LogP contribution is -2.51. The molecule has 1 unspecified atom stereocenters. The standard InChI is InChI=1S/C17H19ClN2O2S2/c18-16-8-9-17(23-16)24(21,22)20-11-10-19(14-6-7-14)12-15(20)13-4-2-1-3-5-13/h1-5,8-9,14-15H,6-7,10-12H2. The highest BCUT2D eigenvalue weighted by atomic mass is 35.5. The minimum absolute atomic E-state index is 0.147. The second kappa shape index (κ2) is 6.42. The predicted octanol–water partition coefficient (Wildman–Crippen LogP) is 3.61. The van der Waals surface area contributed by atoms with E-state index in [9.17, 15) is 8.42 Å². The first-order valence-corrected chi connectivity index (χ1v) is 10.8. The first kappa shape index (κ1) is 16.5. The smallest absolute Gasteiger partial charge is 0.253 e. The molecule has 2 heterocycles. The maximum Gasteiger partial charge on any atom is 0.253 e. The van der Waals surface area contributed by atoms with Gasteiger partial charge in [0.2, 0.25) is 0 Å². The Labute approximate surface area is 151 Å². The third-order valence-corrected chi connectivity index (χ3v) is 8.33. The Morgan fingerprint density at radius 2 is 1.79 bits per heavy atom. The average molecular weight is 383 g/mol. The largest absolute Gasteiger partial charge is 0.297 e. The fourth-order valence-corrected chi connectivity index (χ4v) is 6.55. The van der Waals surface area contributed by atoms with Crippen LogP contribution in [-0.4, -0.2) is 43.3 Å². The second-order valence-electron chi connectivity index (χ2n) is 6.33. The van der Waals surface area contributed by atoms with Gasteiger partial charge in [0, 0.05) is 25.7 Å². The molecule has 7 heteroatoms. The van der Waals surface area contributed by atoms with E-state index >= 15 is 0 Å². The average Bonchev–Trinajstić information content (AvgIpc) is 3.36. The molecule has 1 aliphatic carbocycles. The van der Waals surface area contributed by atoms with E-state index < -0.39 is 10.0 Å². The van der Waals surface area contributed by atoms with Crippen molar-refractivity contribution in [2.24, 2.45) is 0 Å². The van der Waals surface area contributed by atoms with Gasteiger partial charge in [0.1, 0.15) is 4.21 Å². The normalized spacial score (nSPS) is 23.5. The molecule has 1 saturated carbocycles. The molecular formula is C17H19ClN2O2S2. The molecule has 2 aromatic rings. The lowest BCUT2D eigenvalue weighted by Gasteiger charge is -2.40. The van der Waals surface area contributed by atoms with Crippen molar-refractivity contribution in [2.45, 2.75) is 29.1 Å². The molecule has 4 nitrogen and oxygen atoms in total. The van der Waals surface area contributed by atoms with E-state index in [-0.39, 0.29) is 6.04 Å². The zero-order chi connectivity index (χ0) is 16.7. The van der Waals surface area contributed by atoms with Crippen molar-refractivity contribution in [2.75, 3.05) is 19.6 Å². The van der Waals surface area contributed by atoms with Crippen LogP contribution in [0, 0.1) is 0 Å². The monoisotopic (exact) mass is 382 g/mol. The van der Waals surface area contributed by atoms with Gasteiger partial charge in [-0.1, -0.05) is 41.9 Å². The minimum atomic E-state index is -3.53. The Balaban J connectivity index is 1.69. The van der Waals surface area contributed by atoms with E-state index in [1.807, 2.05) is 30.3 Å². The van der Waals surface area contributed by atoms with Gasteiger partial charge in [0.25, 0.3) is 10.0 Å². The summed E-state index contributed by atoms with van der Waals surface area (Å²) in [6.07, 6.45) is 2.46. The van der Waals surface area contributed by atoms with Crippen molar-refractivity contribution < 1.29 is 8.42 Å². The van der Waals surface area contributed by atoms with Gasteiger partial charge in [-0.3, -0.25) is 4.90 Å². The molecule has 4 rings (SSSR count). The van der Waals surface area contributed by atoms with E-state index in [0.29, 0.717) is 21.1 Å². The molecule has 1 saturated heterocycles. The number of rotatable bonds is 4. The summed E-state index contributed by atoms with van der Waals surface area (Å²) in [4.78, 5) is 2.44. The van der Waals surface area contributed by atoms with Crippen molar-refractivity contribution >= 4 is 33.0 Å². The lowest BCUT2D eigenvalue weighted by molar-refractivity contribution is 0.129. The van der Waals surface area contributed by atoms with Crippen LogP contribution in [0.5, 0.6) is 0 Å². The maximum atomic E-state index is 13.1. The highest BCUT2D eigenvalue weighted by molar-refractivity contribution is 7.91. The van der Waals surface area contributed by atoms with E-state index in [1.165, 1.54) is 12.8 Å². The van der Waals surface area contributed by atoms with Crippen LogP contribution < -0.4 is 0 Å². The van der Waals surface area contributed by atoms with Crippen molar-refractivity contribution in [3.63, 3.8) is 0 Å². The van der Waals surface area contributed by atoms with Crippen LogP contribution in [0.3, 0.4) is 0 Å². The van der Waals surface area contributed by atoms with Crippen LogP contribution in [0.25, 0.3) is 0 Å². The van der Waals surface area contributed by atoms with Crippen molar-refractivity contribution in [3.05, 3.63) is 52.4 Å². The molecule has 0 N–H and O–H groups in total. The molecule has 128 valence electrons. The summed E-state index contributed by atoms with van der Waals surface area (Å²) in [5.74, 6) is 0. The number of thiophene rings is 1. The number of hydrogen-bond donors (Lipinski definition) is 0. The number of sulfonamides is 1. The molecule has 1 aliphatic heterocycles. The summed E-state index contributed by atoms with van der Waals surface area (Å²) in [7, 11) is -3.53. The molecule has 0 bridgehead atoms. The lowest BCUT2D eigenvalue weighted by atomic mass is 10.0. The van der Waals surface area contributed by atoms with Gasteiger partial charge < -0.3 is 0 Å². The molecular weight excluding hydrogens is 364 g/mol. The molecule has 0 spiro atoms. The van der Waals surface area contributed by atoms with Crippen molar-refractivity contribution in [3.8, 4) is 0 Å². The molecule has 1 aromatic carbocycles. The summed E-state index contributed by atoms with van der Waals surface area (Å²) in [6.45, 7) is 2.08. The molecule has 24 heavy (non-hydrogen) atoms. The summed E-state index contributed by atoms with van der Waals surface area (Å²) < 4.78 is 28.8. The van der Waals surface area contributed by atoms with E-state index in [0.717, 1.165) is 30.0 Å². The van der Waals surface area contributed by atoms with Crippen LogP contribution in [0.1, 0.15) is 24.4 Å². The number of benzene rings is 1. The van der Waals surface area contributed by atoms with Crippen LogP contribution in [0.4, 0.5) is 0 Å². The Kier molecular flexibility index (Phi) is 4.43. The van der Waals surface area contributed by atoms with Crippen LogP contribution >= 0.6 is 22.9 Å². The molecule has 2 fully saturated rings. The maximum absolute atomic E-state index is 13.1. The number of nitrogens with zero attached hydrogens (tertiary/aromatic N) is 2. The van der Waals surface area contributed by atoms with Gasteiger partial charge >= 0.3 is 0 Å². The van der Waals surface area contributed by atoms with Gasteiger partial charge in [-0.05, 0) is 30.5 Å². The number of piperazine rings is 1. The van der Waals surface area contributed by atoms with Crippen molar-refractivity contribution in [1.29, 1.82) is 0 Å². The van der Waals surface area contributed by atoms with Crippen molar-refractivity contribution in [1.82, 2.24) is 9.21 Å². The van der Waals surface area contributed by atoms with Crippen LogP contribution in [0.2, 0.25) is 4.34 Å². The summed E-state index contributed by atoms with van der Waals surface area (Å²) in [6, 6.07) is 13.7. The first-order chi connectivity index (χ1) is 11.6. The fourth-order valence-electron chi connectivity index (χ4n) is 3.35. The quantitative estimate of drug-likeness (QED) is 0.811. The van der Waals surface area contributed by atoms with E-state index in [4.69, 9.17) is 11.6 Å². The topological polar surface area (TPSA) is 40.6 Å². The highest BCUT2D eigenvalue weighted by Gasteiger charge is 2.41. The van der Waals surface area contributed by atoms with Gasteiger partial charge in [-0.25, -0.2) is 8.42 Å².